The van der Waals surface area contributed by atoms with Crippen molar-refractivity contribution >= 4 is 5.78 Å². The molecule has 1 fully saturated rings. The van der Waals surface area contributed by atoms with Crippen LogP contribution in [-0.2, 0) is 0 Å². The van der Waals surface area contributed by atoms with E-state index < -0.39 is 0 Å². The van der Waals surface area contributed by atoms with Crippen molar-refractivity contribution in [2.24, 2.45) is 11.8 Å². The first-order valence-electron chi connectivity index (χ1n) is 8.92. The zero-order valence-electron chi connectivity index (χ0n) is 14.6. The summed E-state index contributed by atoms with van der Waals surface area (Å²) in [6, 6.07) is 3.74. The standard InChI is InChI=1S/C21H27NO/c1-14-6-4-7-17(10-9-14)18-12-15(2)20(13-18)21(23)19-8-5-11-22-16(19)3/h5,8,11,13-14,17H,4,6-7,9-10,12H2,1-3H3. The van der Waals surface area contributed by atoms with E-state index in [4.69, 9.17) is 0 Å². The summed E-state index contributed by atoms with van der Waals surface area (Å²) < 4.78 is 0. The molecular formula is C21H27NO. The molecule has 2 atom stereocenters. The van der Waals surface area contributed by atoms with Crippen LogP contribution in [0.4, 0.5) is 0 Å². The average Bonchev–Trinajstić information content (AvgIpc) is 2.78. The van der Waals surface area contributed by atoms with Crippen LogP contribution in [0, 0.1) is 18.8 Å². The second-order valence-electron chi connectivity index (χ2n) is 7.37. The molecule has 1 saturated carbocycles. The van der Waals surface area contributed by atoms with E-state index in [1.807, 2.05) is 19.1 Å². The highest BCUT2D eigenvalue weighted by atomic mass is 16.1. The lowest BCUT2D eigenvalue weighted by atomic mass is 9.89. The van der Waals surface area contributed by atoms with Gasteiger partial charge >= 0.3 is 0 Å². The molecule has 2 nitrogen and oxygen atoms in total. The lowest BCUT2D eigenvalue weighted by molar-refractivity contribution is 0.103. The second kappa shape index (κ2) is 6.82. The van der Waals surface area contributed by atoms with Crippen LogP contribution in [0.5, 0.6) is 0 Å². The minimum Gasteiger partial charge on any atom is -0.289 e. The topological polar surface area (TPSA) is 30.0 Å². The van der Waals surface area contributed by atoms with Crippen molar-refractivity contribution < 1.29 is 4.79 Å². The van der Waals surface area contributed by atoms with Gasteiger partial charge in [-0.3, -0.25) is 9.78 Å². The number of carbonyl (C=O) groups is 1. The number of hydrogen-bond acceptors (Lipinski definition) is 2. The van der Waals surface area contributed by atoms with Crippen molar-refractivity contribution in [3.8, 4) is 0 Å². The summed E-state index contributed by atoms with van der Waals surface area (Å²) in [5.74, 6) is 1.68. The van der Waals surface area contributed by atoms with Gasteiger partial charge in [0.1, 0.15) is 0 Å². The molecule has 2 aliphatic rings. The summed E-state index contributed by atoms with van der Waals surface area (Å²) in [6.07, 6.45) is 11.5. The van der Waals surface area contributed by atoms with Gasteiger partial charge in [0.15, 0.2) is 5.78 Å². The van der Waals surface area contributed by atoms with Crippen LogP contribution >= 0.6 is 0 Å². The number of Topliss-reactive ketones (excluding diaryl/α,β-unsaturated/α-hetero) is 1. The molecule has 3 rings (SSSR count). The van der Waals surface area contributed by atoms with Gasteiger partial charge in [-0.15, -0.1) is 0 Å². The van der Waals surface area contributed by atoms with E-state index in [1.165, 1.54) is 43.3 Å². The highest BCUT2D eigenvalue weighted by molar-refractivity contribution is 6.12. The Morgan fingerprint density at radius 3 is 2.78 bits per heavy atom. The van der Waals surface area contributed by atoms with Gasteiger partial charge in [0, 0.05) is 23.0 Å². The van der Waals surface area contributed by atoms with Gasteiger partial charge in [0.05, 0.1) is 0 Å². The van der Waals surface area contributed by atoms with Crippen LogP contribution in [0.25, 0.3) is 0 Å². The zero-order chi connectivity index (χ0) is 16.4. The molecule has 0 aliphatic heterocycles. The number of pyridine rings is 1. The van der Waals surface area contributed by atoms with Crippen LogP contribution in [-0.4, -0.2) is 10.8 Å². The molecule has 0 saturated heterocycles. The molecular weight excluding hydrogens is 282 g/mol. The Balaban J connectivity index is 1.80. The summed E-state index contributed by atoms with van der Waals surface area (Å²) in [5, 5.41) is 0. The smallest absolute Gasteiger partial charge is 0.194 e. The van der Waals surface area contributed by atoms with Gasteiger partial charge in [0.2, 0.25) is 0 Å². The molecule has 0 aromatic carbocycles. The minimum atomic E-state index is 0.144. The predicted molar refractivity (Wildman–Crippen MR) is 94.4 cm³/mol. The maximum absolute atomic E-state index is 12.9. The average molecular weight is 309 g/mol. The number of hydrogen-bond donors (Lipinski definition) is 0. The van der Waals surface area contributed by atoms with Crippen LogP contribution < -0.4 is 0 Å². The van der Waals surface area contributed by atoms with E-state index in [2.05, 4.69) is 24.9 Å². The molecule has 2 aliphatic carbocycles. The first-order valence-corrected chi connectivity index (χ1v) is 8.92. The van der Waals surface area contributed by atoms with Gasteiger partial charge in [-0.2, -0.15) is 0 Å². The fraction of sp³-hybridized carbons (Fsp3) is 0.524. The highest BCUT2D eigenvalue weighted by Gasteiger charge is 2.26. The van der Waals surface area contributed by atoms with Crippen molar-refractivity contribution in [2.75, 3.05) is 0 Å². The van der Waals surface area contributed by atoms with E-state index in [0.717, 1.165) is 29.2 Å². The lowest BCUT2D eigenvalue weighted by Gasteiger charge is -2.16. The Hall–Kier alpha value is -1.70. The normalized spacial score (nSPS) is 25.3. The molecule has 122 valence electrons. The lowest BCUT2D eigenvalue weighted by Crippen LogP contribution is -2.05. The summed E-state index contributed by atoms with van der Waals surface area (Å²) in [6.45, 7) is 6.40. The highest BCUT2D eigenvalue weighted by Crippen LogP contribution is 2.39. The Morgan fingerprint density at radius 1 is 1.17 bits per heavy atom. The summed E-state index contributed by atoms with van der Waals surface area (Å²) in [4.78, 5) is 17.1. The number of rotatable bonds is 3. The molecule has 23 heavy (non-hydrogen) atoms. The van der Waals surface area contributed by atoms with Crippen LogP contribution in [0.2, 0.25) is 0 Å². The number of nitrogens with zero attached hydrogens (tertiary/aromatic N) is 1. The van der Waals surface area contributed by atoms with E-state index in [1.54, 1.807) is 6.20 Å². The van der Waals surface area contributed by atoms with E-state index in [-0.39, 0.29) is 5.78 Å². The van der Waals surface area contributed by atoms with Gasteiger partial charge in [0.25, 0.3) is 0 Å². The van der Waals surface area contributed by atoms with Crippen molar-refractivity contribution in [1.82, 2.24) is 4.98 Å². The maximum Gasteiger partial charge on any atom is 0.194 e. The minimum absolute atomic E-state index is 0.144. The van der Waals surface area contributed by atoms with Gasteiger partial charge in [-0.1, -0.05) is 43.4 Å². The number of aryl methyl sites for hydroxylation is 1. The van der Waals surface area contributed by atoms with Crippen molar-refractivity contribution in [1.29, 1.82) is 0 Å². The molecule has 0 amide bonds. The van der Waals surface area contributed by atoms with E-state index in [9.17, 15) is 4.79 Å². The first-order chi connectivity index (χ1) is 11.1. The Bertz CT molecular complexity index is 668. The fourth-order valence-corrected chi connectivity index (χ4v) is 4.01. The van der Waals surface area contributed by atoms with Crippen molar-refractivity contribution in [2.45, 2.75) is 59.3 Å². The molecule has 1 aromatic heterocycles. The van der Waals surface area contributed by atoms with Gasteiger partial charge in [-0.05, 0) is 57.1 Å². The number of allylic oxidation sites excluding steroid dienone is 4. The monoisotopic (exact) mass is 309 g/mol. The molecule has 1 heterocycles. The van der Waals surface area contributed by atoms with E-state index in [0.29, 0.717) is 5.92 Å². The SMILES string of the molecule is CC1=C(C(=O)c2cccnc2C)C=C(C2CCCC(C)CC2)C1. The predicted octanol–water partition coefficient (Wildman–Crippen LogP) is 5.44. The largest absolute Gasteiger partial charge is 0.289 e. The Kier molecular flexibility index (Phi) is 4.79. The maximum atomic E-state index is 12.9. The molecule has 2 unspecified atom stereocenters. The van der Waals surface area contributed by atoms with Gasteiger partial charge < -0.3 is 0 Å². The fourth-order valence-electron chi connectivity index (χ4n) is 4.01. The zero-order valence-corrected chi connectivity index (χ0v) is 14.6. The summed E-state index contributed by atoms with van der Waals surface area (Å²) in [5.41, 5.74) is 5.19. The molecule has 0 radical (unpaired) electrons. The summed E-state index contributed by atoms with van der Waals surface area (Å²) in [7, 11) is 0. The number of aromatic nitrogens is 1. The molecule has 1 aromatic rings. The second-order valence-corrected chi connectivity index (χ2v) is 7.37. The van der Waals surface area contributed by atoms with Crippen molar-refractivity contribution in [3.63, 3.8) is 0 Å². The van der Waals surface area contributed by atoms with Gasteiger partial charge in [-0.25, -0.2) is 0 Å². The third-order valence-corrected chi connectivity index (χ3v) is 5.54. The first kappa shape index (κ1) is 16.2. The molecule has 0 N–H and O–H groups in total. The van der Waals surface area contributed by atoms with Crippen LogP contribution in [0.15, 0.2) is 41.1 Å². The molecule has 0 bridgehead atoms. The van der Waals surface area contributed by atoms with Crippen molar-refractivity contribution in [3.05, 3.63) is 52.4 Å². The molecule has 2 heteroatoms. The quantitative estimate of drug-likeness (QED) is 0.550. The molecule has 0 spiro atoms. The number of carbonyl (C=O) groups excluding carboxylic acids is 1. The van der Waals surface area contributed by atoms with E-state index >= 15 is 0 Å². The Morgan fingerprint density at radius 2 is 2.00 bits per heavy atom. The van der Waals surface area contributed by atoms with Crippen LogP contribution in [0.1, 0.15) is 68.4 Å². The Labute approximate surface area is 139 Å². The summed E-state index contributed by atoms with van der Waals surface area (Å²) >= 11 is 0. The van der Waals surface area contributed by atoms with Crippen LogP contribution in [0.3, 0.4) is 0 Å². The number of ketones is 1. The third kappa shape index (κ3) is 3.46. The third-order valence-electron chi connectivity index (χ3n) is 5.54.